The number of aromatic amines is 1. The number of anilines is 1. The fraction of sp³-hybridized carbons (Fsp3) is 0.105. The maximum atomic E-state index is 4.86. The highest BCUT2D eigenvalue weighted by Crippen LogP contribution is 2.37. The molecule has 0 spiro atoms. The van der Waals surface area contributed by atoms with Crippen molar-refractivity contribution in [1.29, 1.82) is 0 Å². The smallest absolute Gasteiger partial charge is 0.154 e. The van der Waals surface area contributed by atoms with Crippen LogP contribution in [0.25, 0.3) is 11.0 Å². The van der Waals surface area contributed by atoms with E-state index in [0.29, 0.717) is 0 Å². The Hall–Kier alpha value is -2.99. The third kappa shape index (κ3) is 2.51. The lowest BCUT2D eigenvalue weighted by Crippen LogP contribution is -2.18. The highest BCUT2D eigenvalue weighted by Gasteiger charge is 2.32. The molecule has 4 aromatic rings. The maximum Gasteiger partial charge on any atom is 0.154 e. The van der Waals surface area contributed by atoms with Gasteiger partial charge in [0.2, 0.25) is 0 Å². The number of imidazole rings is 1. The lowest BCUT2D eigenvalue weighted by molar-refractivity contribution is 0.711. The maximum absolute atomic E-state index is 4.86. The quantitative estimate of drug-likeness (QED) is 0.600. The number of fused-ring (bicyclic) bond motifs is 1. The lowest BCUT2D eigenvalue weighted by Gasteiger charge is -2.21. The summed E-state index contributed by atoms with van der Waals surface area (Å²) in [4.78, 5) is 13.9. The van der Waals surface area contributed by atoms with E-state index >= 15 is 0 Å². The molecule has 1 aromatic carbocycles. The summed E-state index contributed by atoms with van der Waals surface area (Å²) in [5.74, 6) is 1.69. The second-order valence-corrected chi connectivity index (χ2v) is 6.90. The first-order valence-electron chi connectivity index (χ1n) is 8.15. The Kier molecular flexibility index (Phi) is 3.34. The molecule has 25 heavy (non-hydrogen) atoms. The molecule has 6 heteroatoms. The summed E-state index contributed by atoms with van der Waals surface area (Å²) in [5, 5.41) is 8.97. The Morgan fingerprint density at radius 2 is 1.96 bits per heavy atom. The molecule has 1 aliphatic heterocycles. The molecule has 1 unspecified atom stereocenters. The predicted octanol–water partition coefficient (Wildman–Crippen LogP) is 4.38. The molecule has 1 aliphatic rings. The van der Waals surface area contributed by atoms with Crippen LogP contribution < -0.4 is 5.01 Å². The zero-order valence-electron chi connectivity index (χ0n) is 13.3. The van der Waals surface area contributed by atoms with Gasteiger partial charge in [-0.15, -0.1) is 11.3 Å². The summed E-state index contributed by atoms with van der Waals surface area (Å²) in [7, 11) is 0. The number of para-hydroxylation sites is 2. The van der Waals surface area contributed by atoms with Crippen LogP contribution in [0.3, 0.4) is 0 Å². The number of hydrogen-bond acceptors (Lipinski definition) is 5. The molecular weight excluding hydrogens is 330 g/mol. The number of H-pyrrole nitrogens is 1. The summed E-state index contributed by atoms with van der Waals surface area (Å²) in [6.07, 6.45) is 2.60. The molecule has 0 fully saturated rings. The summed E-state index contributed by atoms with van der Waals surface area (Å²) in [6, 6.07) is 18.3. The van der Waals surface area contributed by atoms with Crippen LogP contribution in [0.5, 0.6) is 0 Å². The minimum absolute atomic E-state index is 0.151. The molecule has 1 atom stereocenters. The fourth-order valence-corrected chi connectivity index (χ4v) is 3.96. The summed E-state index contributed by atoms with van der Waals surface area (Å²) < 4.78 is 0. The average molecular weight is 345 g/mol. The van der Waals surface area contributed by atoms with Gasteiger partial charge in [0, 0.05) is 17.5 Å². The first-order valence-corrected chi connectivity index (χ1v) is 9.03. The van der Waals surface area contributed by atoms with Crippen LogP contribution in [0, 0.1) is 0 Å². The number of nitrogens with one attached hydrogen (secondary N) is 1. The number of nitrogens with zero attached hydrogens (tertiary/aromatic N) is 4. The van der Waals surface area contributed by atoms with Gasteiger partial charge in [0.15, 0.2) is 5.82 Å². The third-order valence-electron chi connectivity index (χ3n) is 4.33. The van der Waals surface area contributed by atoms with Crippen LogP contribution in [0.4, 0.5) is 5.82 Å². The van der Waals surface area contributed by atoms with Crippen molar-refractivity contribution in [3.05, 3.63) is 76.9 Å². The van der Waals surface area contributed by atoms with E-state index in [1.165, 1.54) is 4.88 Å². The molecule has 0 bridgehead atoms. The SMILES string of the molecule is c1ccc(N2N=C(c3nc4ccccc4[nH]3)CC2c2cccs2)nc1. The van der Waals surface area contributed by atoms with Gasteiger partial charge in [-0.3, -0.25) is 0 Å². The van der Waals surface area contributed by atoms with Crippen LogP contribution in [0.15, 0.2) is 71.3 Å². The topological polar surface area (TPSA) is 57.2 Å². The van der Waals surface area contributed by atoms with Gasteiger partial charge in [0.05, 0.1) is 17.1 Å². The van der Waals surface area contributed by atoms with Crippen molar-refractivity contribution >= 4 is 33.9 Å². The molecule has 122 valence electrons. The van der Waals surface area contributed by atoms with E-state index in [1.807, 2.05) is 47.5 Å². The average Bonchev–Trinajstić information content (AvgIpc) is 3.39. The van der Waals surface area contributed by atoms with Crippen molar-refractivity contribution in [1.82, 2.24) is 15.0 Å². The minimum Gasteiger partial charge on any atom is -0.337 e. The minimum atomic E-state index is 0.151. The van der Waals surface area contributed by atoms with Crippen molar-refractivity contribution in [3.63, 3.8) is 0 Å². The Morgan fingerprint density at radius 1 is 1.04 bits per heavy atom. The molecule has 4 heterocycles. The molecule has 0 saturated carbocycles. The van der Waals surface area contributed by atoms with Crippen molar-refractivity contribution in [3.8, 4) is 0 Å². The van der Waals surface area contributed by atoms with Crippen molar-refractivity contribution < 1.29 is 0 Å². The van der Waals surface area contributed by atoms with E-state index in [0.717, 1.165) is 34.8 Å². The number of thiophene rings is 1. The highest BCUT2D eigenvalue weighted by molar-refractivity contribution is 7.10. The monoisotopic (exact) mass is 345 g/mol. The molecule has 0 radical (unpaired) electrons. The van der Waals surface area contributed by atoms with Gasteiger partial charge in [-0.05, 0) is 35.7 Å². The number of benzene rings is 1. The van der Waals surface area contributed by atoms with Gasteiger partial charge < -0.3 is 4.98 Å². The predicted molar refractivity (Wildman–Crippen MR) is 101 cm³/mol. The highest BCUT2D eigenvalue weighted by atomic mass is 32.1. The van der Waals surface area contributed by atoms with E-state index in [-0.39, 0.29) is 6.04 Å². The molecular formula is C19H15N5S. The Morgan fingerprint density at radius 3 is 2.76 bits per heavy atom. The van der Waals surface area contributed by atoms with E-state index in [9.17, 15) is 0 Å². The Bertz CT molecular complexity index is 1000. The number of rotatable bonds is 3. The molecule has 1 N–H and O–H groups in total. The van der Waals surface area contributed by atoms with E-state index < -0.39 is 0 Å². The Balaban J connectivity index is 1.58. The standard InChI is InChI=1S/C19H15N5S/c1-2-7-14-13(6-1)21-19(22-14)15-12-16(17-8-5-11-25-17)24(23-15)18-9-3-4-10-20-18/h1-11,16H,12H2,(H,21,22). The molecule has 0 amide bonds. The Labute approximate surface area is 148 Å². The molecule has 0 saturated heterocycles. The van der Waals surface area contributed by atoms with Gasteiger partial charge >= 0.3 is 0 Å². The zero-order chi connectivity index (χ0) is 16.6. The number of hydrazone groups is 1. The lowest BCUT2D eigenvalue weighted by atomic mass is 10.1. The fourth-order valence-electron chi connectivity index (χ4n) is 3.15. The number of pyridine rings is 1. The number of hydrogen-bond donors (Lipinski definition) is 1. The van der Waals surface area contributed by atoms with Crippen LogP contribution in [-0.4, -0.2) is 20.7 Å². The van der Waals surface area contributed by atoms with E-state index in [2.05, 4.69) is 27.5 Å². The van der Waals surface area contributed by atoms with Gasteiger partial charge in [-0.1, -0.05) is 24.3 Å². The van der Waals surface area contributed by atoms with Gasteiger partial charge in [0.25, 0.3) is 0 Å². The van der Waals surface area contributed by atoms with E-state index in [4.69, 9.17) is 10.1 Å². The van der Waals surface area contributed by atoms with Crippen molar-refractivity contribution in [2.75, 3.05) is 5.01 Å². The first kappa shape index (κ1) is 14.4. The number of aromatic nitrogens is 3. The molecule has 0 aliphatic carbocycles. The second kappa shape index (κ2) is 5.82. The van der Waals surface area contributed by atoms with Gasteiger partial charge in [-0.2, -0.15) is 5.10 Å². The summed E-state index contributed by atoms with van der Waals surface area (Å²) in [5.41, 5.74) is 2.95. The second-order valence-electron chi connectivity index (χ2n) is 5.92. The molecule has 5 rings (SSSR count). The first-order chi connectivity index (χ1) is 12.4. The molecule has 3 aromatic heterocycles. The third-order valence-corrected chi connectivity index (χ3v) is 5.30. The van der Waals surface area contributed by atoms with Crippen LogP contribution in [-0.2, 0) is 0 Å². The zero-order valence-corrected chi connectivity index (χ0v) is 14.1. The van der Waals surface area contributed by atoms with Gasteiger partial charge in [-0.25, -0.2) is 15.0 Å². The summed E-state index contributed by atoms with van der Waals surface area (Å²) in [6.45, 7) is 0. The van der Waals surface area contributed by atoms with Crippen molar-refractivity contribution in [2.24, 2.45) is 5.10 Å². The van der Waals surface area contributed by atoms with Crippen LogP contribution >= 0.6 is 11.3 Å². The van der Waals surface area contributed by atoms with Crippen molar-refractivity contribution in [2.45, 2.75) is 12.5 Å². The van der Waals surface area contributed by atoms with E-state index in [1.54, 1.807) is 17.5 Å². The van der Waals surface area contributed by atoms with Crippen LogP contribution in [0.1, 0.15) is 23.2 Å². The normalized spacial score (nSPS) is 17.2. The van der Waals surface area contributed by atoms with Crippen LogP contribution in [0.2, 0.25) is 0 Å². The van der Waals surface area contributed by atoms with Gasteiger partial charge in [0.1, 0.15) is 11.5 Å². The molecule has 5 nitrogen and oxygen atoms in total. The largest absolute Gasteiger partial charge is 0.337 e. The summed E-state index contributed by atoms with van der Waals surface area (Å²) >= 11 is 1.75.